The molecule has 0 spiro atoms. The van der Waals surface area contributed by atoms with Crippen LogP contribution in [-0.2, 0) is 13.1 Å². The van der Waals surface area contributed by atoms with E-state index in [2.05, 4.69) is 71.0 Å². The van der Waals surface area contributed by atoms with E-state index in [-0.39, 0.29) is 5.56 Å². The molecule has 0 bridgehead atoms. The topological polar surface area (TPSA) is 84.9 Å². The summed E-state index contributed by atoms with van der Waals surface area (Å²) in [5.74, 6) is -0.925. The van der Waals surface area contributed by atoms with Gasteiger partial charge >= 0.3 is 5.97 Å². The van der Waals surface area contributed by atoms with Gasteiger partial charge in [-0.05, 0) is 54.0 Å². The highest BCUT2D eigenvalue weighted by molar-refractivity contribution is 8.03. The molecule has 8 heteroatoms. The second-order valence-electron chi connectivity index (χ2n) is 10.3. The fourth-order valence-electron chi connectivity index (χ4n) is 5.12. The van der Waals surface area contributed by atoms with E-state index in [1.807, 2.05) is 30.3 Å². The Hall–Kier alpha value is -4.21. The van der Waals surface area contributed by atoms with Crippen molar-refractivity contribution in [3.05, 3.63) is 141 Å². The van der Waals surface area contributed by atoms with E-state index in [1.54, 1.807) is 47.4 Å². The zero-order valence-electron chi connectivity index (χ0n) is 23.6. The first-order chi connectivity index (χ1) is 20.9. The maximum absolute atomic E-state index is 11.3. The molecule has 0 aliphatic carbocycles. The minimum absolute atomic E-state index is 0.283. The zero-order valence-corrected chi connectivity index (χ0v) is 25.2. The van der Waals surface area contributed by atoms with Crippen molar-refractivity contribution < 1.29 is 24.7 Å². The van der Waals surface area contributed by atoms with Crippen molar-refractivity contribution in [2.45, 2.75) is 37.6 Å². The van der Waals surface area contributed by atoms with E-state index in [1.165, 1.54) is 15.2 Å². The SMILES string of the molecule is CCC(/C=C1\Sc2ccccc2N1Cc1ccc(C(O)O)cc1)=C\c1sc2ccccc2[n+]1Cc1ccc(C(=O)O)cc1. The van der Waals surface area contributed by atoms with Crippen LogP contribution in [0, 0.1) is 0 Å². The van der Waals surface area contributed by atoms with Crippen LogP contribution in [-0.4, -0.2) is 21.3 Å². The fraction of sp³-hybridized carbons (Fsp3) is 0.143. The minimum atomic E-state index is -1.48. The number of thioether (sulfide) groups is 1. The van der Waals surface area contributed by atoms with E-state index in [0.717, 1.165) is 38.8 Å². The molecule has 6 nitrogen and oxygen atoms in total. The van der Waals surface area contributed by atoms with Crippen molar-refractivity contribution in [1.82, 2.24) is 0 Å². The third-order valence-corrected chi connectivity index (χ3v) is 9.68. The third-order valence-electron chi connectivity index (χ3n) is 7.46. The van der Waals surface area contributed by atoms with Crippen LogP contribution in [0.25, 0.3) is 16.3 Å². The first-order valence-electron chi connectivity index (χ1n) is 14.0. The highest BCUT2D eigenvalue weighted by atomic mass is 32.2. The van der Waals surface area contributed by atoms with Crippen molar-refractivity contribution >= 4 is 51.0 Å². The molecule has 0 amide bonds. The number of benzene rings is 4. The van der Waals surface area contributed by atoms with Crippen LogP contribution < -0.4 is 9.47 Å². The van der Waals surface area contributed by atoms with Gasteiger partial charge in [-0.25, -0.2) is 4.79 Å². The largest absolute Gasteiger partial charge is 0.478 e. The van der Waals surface area contributed by atoms with Gasteiger partial charge in [-0.1, -0.05) is 90.7 Å². The van der Waals surface area contributed by atoms with Gasteiger partial charge in [0.25, 0.3) is 5.01 Å². The molecular formula is C35H31N2O4S2+. The lowest BCUT2D eigenvalue weighted by Crippen LogP contribution is -2.35. The Morgan fingerprint density at radius 1 is 0.907 bits per heavy atom. The third kappa shape index (κ3) is 6.28. The van der Waals surface area contributed by atoms with Gasteiger partial charge < -0.3 is 20.2 Å². The van der Waals surface area contributed by atoms with Gasteiger partial charge in [0.15, 0.2) is 12.8 Å². The Kier molecular flexibility index (Phi) is 8.44. The number of thiazole rings is 1. The number of allylic oxidation sites excluding steroid dienone is 2. The number of hydrogen-bond acceptors (Lipinski definition) is 6. The van der Waals surface area contributed by atoms with Gasteiger partial charge in [0.2, 0.25) is 5.52 Å². The predicted molar refractivity (Wildman–Crippen MR) is 173 cm³/mol. The molecule has 1 aromatic heterocycles. The van der Waals surface area contributed by atoms with Gasteiger partial charge in [0.05, 0.1) is 16.3 Å². The molecule has 0 unspecified atom stereocenters. The second-order valence-corrected chi connectivity index (χ2v) is 12.4. The molecular weight excluding hydrogens is 577 g/mol. The Morgan fingerprint density at radius 2 is 1.60 bits per heavy atom. The molecule has 43 heavy (non-hydrogen) atoms. The van der Waals surface area contributed by atoms with Crippen molar-refractivity contribution in [2.75, 3.05) is 4.90 Å². The smallest absolute Gasteiger partial charge is 0.335 e. The highest BCUT2D eigenvalue weighted by Gasteiger charge is 2.26. The molecule has 5 aromatic rings. The monoisotopic (exact) mass is 607 g/mol. The summed E-state index contributed by atoms with van der Waals surface area (Å²) in [5.41, 5.74) is 6.36. The Bertz CT molecular complexity index is 1840. The van der Waals surface area contributed by atoms with Crippen LogP contribution in [0.1, 0.15) is 51.7 Å². The van der Waals surface area contributed by atoms with Gasteiger partial charge in [-0.15, -0.1) is 0 Å². The minimum Gasteiger partial charge on any atom is -0.478 e. The summed E-state index contributed by atoms with van der Waals surface area (Å²) in [6.45, 7) is 3.46. The lowest BCUT2D eigenvalue weighted by atomic mass is 10.1. The number of hydrogen-bond donors (Lipinski definition) is 3. The molecule has 0 saturated heterocycles. The number of carbonyl (C=O) groups is 1. The molecule has 0 atom stereocenters. The number of carboxylic acid groups (broad SMARTS) is 1. The maximum Gasteiger partial charge on any atom is 0.335 e. The van der Waals surface area contributed by atoms with Crippen molar-refractivity contribution in [2.24, 2.45) is 0 Å². The van der Waals surface area contributed by atoms with Crippen molar-refractivity contribution in [3.8, 4) is 0 Å². The molecule has 6 rings (SSSR count). The Labute approximate surface area is 258 Å². The maximum atomic E-state index is 11.3. The predicted octanol–water partition coefficient (Wildman–Crippen LogP) is 7.37. The molecule has 1 aliphatic rings. The quantitative estimate of drug-likeness (QED) is 0.120. The molecule has 216 valence electrons. The van der Waals surface area contributed by atoms with Crippen LogP contribution in [0.3, 0.4) is 0 Å². The van der Waals surface area contributed by atoms with E-state index in [9.17, 15) is 20.1 Å². The van der Waals surface area contributed by atoms with Gasteiger partial charge in [0, 0.05) is 34.7 Å². The molecule has 0 radical (unpaired) electrons. The normalized spacial score (nSPS) is 14.2. The lowest BCUT2D eigenvalue weighted by molar-refractivity contribution is -0.659. The number of carboxylic acids is 1. The molecule has 4 aromatic carbocycles. The van der Waals surface area contributed by atoms with Crippen LogP contribution in [0.5, 0.6) is 0 Å². The summed E-state index contributed by atoms with van der Waals surface area (Å²) in [5, 5.41) is 30.6. The van der Waals surface area contributed by atoms with E-state index < -0.39 is 12.3 Å². The van der Waals surface area contributed by atoms with Crippen LogP contribution >= 0.6 is 23.1 Å². The lowest BCUT2D eigenvalue weighted by Gasteiger charge is -2.21. The number of rotatable bonds is 9. The van der Waals surface area contributed by atoms with E-state index in [4.69, 9.17) is 0 Å². The standard InChI is InChI=1S/C35H30N2O4S2/c1-2-23(19-32-36(28-7-3-5-9-30(28)42-32)21-24-11-15-26(16-12-24)34(38)39)20-33-37(29-8-4-6-10-31(29)43-33)22-25-13-17-27(18-14-25)35(40)41/h3-20,34,38-39H,2,21-22H2,1H3/p+1. The number of anilines is 1. The summed E-state index contributed by atoms with van der Waals surface area (Å²) in [4.78, 5) is 14.9. The number of aromatic carboxylic acids is 1. The molecule has 2 heterocycles. The van der Waals surface area contributed by atoms with Crippen molar-refractivity contribution in [3.63, 3.8) is 0 Å². The number of para-hydroxylation sites is 2. The Balaban J connectivity index is 1.36. The number of nitrogens with zero attached hydrogens (tertiary/aromatic N) is 2. The highest BCUT2D eigenvalue weighted by Crippen LogP contribution is 2.47. The summed E-state index contributed by atoms with van der Waals surface area (Å²) in [6.07, 6.45) is 3.90. The fourth-order valence-corrected chi connectivity index (χ4v) is 7.40. The zero-order chi connectivity index (χ0) is 29.9. The second kappa shape index (κ2) is 12.6. The molecule has 3 N–H and O–H groups in total. The van der Waals surface area contributed by atoms with Gasteiger partial charge in [-0.3, -0.25) is 0 Å². The number of fused-ring (bicyclic) bond motifs is 2. The van der Waals surface area contributed by atoms with E-state index in [0.29, 0.717) is 18.7 Å². The number of aliphatic hydroxyl groups is 2. The first-order valence-corrected chi connectivity index (χ1v) is 15.7. The average Bonchev–Trinajstić information content (AvgIpc) is 3.54. The first kappa shape index (κ1) is 28.9. The number of aliphatic hydroxyl groups excluding tert-OH is 1. The van der Waals surface area contributed by atoms with E-state index >= 15 is 0 Å². The van der Waals surface area contributed by atoms with Crippen LogP contribution in [0.15, 0.2) is 119 Å². The van der Waals surface area contributed by atoms with Crippen LogP contribution in [0.4, 0.5) is 5.69 Å². The molecule has 0 fully saturated rings. The molecule has 1 aliphatic heterocycles. The molecule has 0 saturated carbocycles. The summed E-state index contributed by atoms with van der Waals surface area (Å²) < 4.78 is 3.50. The number of aromatic nitrogens is 1. The van der Waals surface area contributed by atoms with Crippen molar-refractivity contribution in [1.29, 1.82) is 0 Å². The van der Waals surface area contributed by atoms with Gasteiger partial charge in [0.1, 0.15) is 4.70 Å². The van der Waals surface area contributed by atoms with Crippen LogP contribution in [0.2, 0.25) is 0 Å². The summed E-state index contributed by atoms with van der Waals surface area (Å²) in [7, 11) is 0. The van der Waals surface area contributed by atoms with Gasteiger partial charge in [-0.2, -0.15) is 4.57 Å². The summed E-state index contributed by atoms with van der Waals surface area (Å²) in [6, 6.07) is 31.3. The average molecular weight is 608 g/mol. The summed E-state index contributed by atoms with van der Waals surface area (Å²) >= 11 is 3.51. The Morgan fingerprint density at radius 3 is 2.33 bits per heavy atom.